The van der Waals surface area contributed by atoms with Crippen LogP contribution in [0.2, 0.25) is 0 Å². The Hall–Kier alpha value is -0.240. The predicted octanol–water partition coefficient (Wildman–Crippen LogP) is -2.87. The second kappa shape index (κ2) is 5.74. The second-order valence-electron chi connectivity index (χ2n) is 4.77. The van der Waals surface area contributed by atoms with E-state index in [0.29, 0.717) is 4.48 Å². The Morgan fingerprint density at radius 1 is 0.867 bits per heavy atom. The molecule has 0 aromatic carbocycles. The molecule has 0 saturated carbocycles. The van der Waals surface area contributed by atoms with E-state index in [4.69, 9.17) is 10.2 Å². The molecule has 0 bridgehead atoms. The lowest BCUT2D eigenvalue weighted by Crippen LogP contribution is -2.52. The lowest BCUT2D eigenvalue weighted by atomic mass is 10.0. The van der Waals surface area contributed by atoms with Crippen molar-refractivity contribution in [2.24, 2.45) is 0 Å². The van der Waals surface area contributed by atoms with E-state index in [2.05, 4.69) is 0 Å². The topological polar surface area (TPSA) is 101 Å². The molecule has 15 heavy (non-hydrogen) atoms. The zero-order valence-corrected chi connectivity index (χ0v) is 9.41. The van der Waals surface area contributed by atoms with Crippen molar-refractivity contribution >= 4 is 0 Å². The molecule has 0 aromatic rings. The minimum absolute atomic E-state index is 0.233. The van der Waals surface area contributed by atoms with Gasteiger partial charge in [-0.1, -0.05) is 0 Å². The Kier molecular flexibility index (Phi) is 5.65. The van der Waals surface area contributed by atoms with Crippen LogP contribution in [-0.4, -0.2) is 88.7 Å². The number of aliphatic hydroxyl groups is 5. The number of nitrogens with zero attached hydrogens (tertiary/aromatic N) is 1. The molecule has 0 aliphatic carbocycles. The molecule has 6 heteroatoms. The molecular weight excluding hydrogens is 202 g/mol. The first-order valence-corrected chi connectivity index (χ1v) is 4.82. The van der Waals surface area contributed by atoms with Gasteiger partial charge in [0, 0.05) is 0 Å². The van der Waals surface area contributed by atoms with Gasteiger partial charge in [-0.2, -0.15) is 0 Å². The molecule has 5 N–H and O–H groups in total. The molecule has 92 valence electrons. The van der Waals surface area contributed by atoms with E-state index < -0.39 is 31.0 Å². The molecule has 6 nitrogen and oxygen atoms in total. The van der Waals surface area contributed by atoms with Crippen LogP contribution in [0, 0.1) is 0 Å². The van der Waals surface area contributed by atoms with Crippen LogP contribution in [0.5, 0.6) is 0 Å². The smallest absolute Gasteiger partial charge is 0.131 e. The number of aliphatic hydroxyl groups excluding tert-OH is 5. The first-order valence-electron chi connectivity index (χ1n) is 4.82. The minimum Gasteiger partial charge on any atom is -0.394 e. The van der Waals surface area contributed by atoms with Crippen LogP contribution in [0.4, 0.5) is 0 Å². The van der Waals surface area contributed by atoms with Crippen molar-refractivity contribution in [3.63, 3.8) is 0 Å². The highest BCUT2D eigenvalue weighted by Gasteiger charge is 2.32. The van der Waals surface area contributed by atoms with E-state index in [0.717, 1.165) is 0 Å². The van der Waals surface area contributed by atoms with Crippen molar-refractivity contribution in [2.45, 2.75) is 24.4 Å². The van der Waals surface area contributed by atoms with E-state index in [1.807, 2.05) is 21.1 Å². The maximum atomic E-state index is 9.55. The van der Waals surface area contributed by atoms with Gasteiger partial charge in [-0.05, 0) is 0 Å². The van der Waals surface area contributed by atoms with Crippen LogP contribution < -0.4 is 0 Å². The highest BCUT2D eigenvalue weighted by atomic mass is 16.4. The quantitative estimate of drug-likeness (QED) is 0.312. The van der Waals surface area contributed by atoms with E-state index >= 15 is 0 Å². The summed E-state index contributed by atoms with van der Waals surface area (Å²) in [5, 5.41) is 46.0. The van der Waals surface area contributed by atoms with Crippen molar-refractivity contribution in [1.82, 2.24) is 0 Å². The number of hydrogen-bond donors (Lipinski definition) is 5. The Balaban J connectivity index is 4.25. The average Bonchev–Trinajstić information content (AvgIpc) is 2.11. The van der Waals surface area contributed by atoms with Crippen molar-refractivity contribution in [2.75, 3.05) is 34.3 Å². The van der Waals surface area contributed by atoms with E-state index in [9.17, 15) is 15.3 Å². The van der Waals surface area contributed by atoms with Crippen LogP contribution in [0.25, 0.3) is 0 Å². The number of hydrogen-bond acceptors (Lipinski definition) is 5. The van der Waals surface area contributed by atoms with Gasteiger partial charge in [-0.15, -0.1) is 0 Å². The van der Waals surface area contributed by atoms with E-state index in [1.54, 1.807) is 0 Å². The fourth-order valence-electron chi connectivity index (χ4n) is 1.23. The summed E-state index contributed by atoms with van der Waals surface area (Å²) < 4.78 is 0.417. The van der Waals surface area contributed by atoms with Crippen LogP contribution in [0.15, 0.2) is 0 Å². The Morgan fingerprint density at radius 2 is 1.27 bits per heavy atom. The molecule has 4 atom stereocenters. The van der Waals surface area contributed by atoms with Gasteiger partial charge in [0.2, 0.25) is 0 Å². The molecular formula is C9H22NO5+. The number of likely N-dealkylation sites (N-methyl/N-ethyl adjacent to an activating group) is 1. The molecule has 0 spiro atoms. The summed E-state index contributed by atoms with van der Waals surface area (Å²) >= 11 is 0. The molecule has 0 aliphatic rings. The third-order valence-corrected chi connectivity index (χ3v) is 2.06. The molecule has 0 saturated heterocycles. The monoisotopic (exact) mass is 224 g/mol. The van der Waals surface area contributed by atoms with Gasteiger partial charge in [0.15, 0.2) is 0 Å². The summed E-state index contributed by atoms with van der Waals surface area (Å²) in [7, 11) is 5.47. The number of rotatable bonds is 6. The van der Waals surface area contributed by atoms with Gasteiger partial charge in [0.25, 0.3) is 0 Å². The summed E-state index contributed by atoms with van der Waals surface area (Å²) in [4.78, 5) is 0. The zero-order chi connectivity index (χ0) is 12.2. The average molecular weight is 224 g/mol. The van der Waals surface area contributed by atoms with Crippen LogP contribution in [0.1, 0.15) is 0 Å². The van der Waals surface area contributed by atoms with Gasteiger partial charge < -0.3 is 30.0 Å². The van der Waals surface area contributed by atoms with Gasteiger partial charge >= 0.3 is 0 Å². The van der Waals surface area contributed by atoms with Crippen molar-refractivity contribution in [3.8, 4) is 0 Å². The summed E-state index contributed by atoms with van der Waals surface area (Å²) in [5.74, 6) is 0. The first-order chi connectivity index (χ1) is 6.69. The molecule has 0 aromatic heterocycles. The van der Waals surface area contributed by atoms with Gasteiger partial charge in [0.05, 0.1) is 27.7 Å². The lowest BCUT2D eigenvalue weighted by Gasteiger charge is -2.31. The first kappa shape index (κ1) is 14.8. The van der Waals surface area contributed by atoms with E-state index in [1.165, 1.54) is 0 Å². The van der Waals surface area contributed by atoms with Gasteiger partial charge in [-0.3, -0.25) is 0 Å². The summed E-state index contributed by atoms with van der Waals surface area (Å²) in [5.41, 5.74) is 0. The molecule has 0 radical (unpaired) electrons. The van der Waals surface area contributed by atoms with E-state index in [-0.39, 0.29) is 6.54 Å². The fraction of sp³-hybridized carbons (Fsp3) is 1.00. The Bertz CT molecular complexity index is 182. The third kappa shape index (κ3) is 5.41. The Labute approximate surface area is 89.6 Å². The summed E-state index contributed by atoms with van der Waals surface area (Å²) in [6.07, 6.45) is -5.61. The Morgan fingerprint density at radius 3 is 1.60 bits per heavy atom. The summed E-state index contributed by atoms with van der Waals surface area (Å²) in [6, 6.07) is 0. The molecule has 0 fully saturated rings. The van der Waals surface area contributed by atoms with Crippen molar-refractivity contribution in [1.29, 1.82) is 0 Å². The van der Waals surface area contributed by atoms with Gasteiger partial charge in [-0.25, -0.2) is 0 Å². The fourth-order valence-corrected chi connectivity index (χ4v) is 1.23. The van der Waals surface area contributed by atoms with Crippen LogP contribution in [0.3, 0.4) is 0 Å². The highest BCUT2D eigenvalue weighted by Crippen LogP contribution is 2.07. The van der Waals surface area contributed by atoms with Crippen LogP contribution in [-0.2, 0) is 0 Å². The third-order valence-electron chi connectivity index (χ3n) is 2.06. The normalized spacial score (nSPS) is 20.8. The maximum Gasteiger partial charge on any atom is 0.131 e. The molecule has 0 heterocycles. The highest BCUT2D eigenvalue weighted by molar-refractivity contribution is 4.80. The maximum absolute atomic E-state index is 9.55. The number of quaternary nitrogens is 1. The zero-order valence-electron chi connectivity index (χ0n) is 9.41. The summed E-state index contributed by atoms with van der Waals surface area (Å²) in [6.45, 7) is -0.425. The predicted molar refractivity (Wildman–Crippen MR) is 54.0 cm³/mol. The minimum atomic E-state index is -1.54. The van der Waals surface area contributed by atoms with Crippen molar-refractivity contribution in [3.05, 3.63) is 0 Å². The van der Waals surface area contributed by atoms with Gasteiger partial charge in [0.1, 0.15) is 31.0 Å². The standard InChI is InChI=1S/C9H22NO5/c1-10(2,3)4-6(12)8(14)9(15)7(13)5-11/h6-9,11-15H,4-5H2,1-3H3/q+1/t6-,7-,8+,9-/m1/s1. The molecule has 0 rings (SSSR count). The molecule has 0 aliphatic heterocycles. The second-order valence-corrected chi connectivity index (χ2v) is 4.77. The van der Waals surface area contributed by atoms with Crippen molar-refractivity contribution < 1.29 is 30.0 Å². The SMILES string of the molecule is C[N+](C)(C)C[C@@H](O)[C@H](O)[C@H](O)[C@H](O)CO. The lowest BCUT2D eigenvalue weighted by molar-refractivity contribution is -0.874. The molecule has 0 amide bonds. The molecule has 0 unspecified atom stereocenters. The van der Waals surface area contributed by atoms with Crippen LogP contribution >= 0.6 is 0 Å². The largest absolute Gasteiger partial charge is 0.394 e.